The number of carbonyl (C=O) groups is 1. The van der Waals surface area contributed by atoms with Crippen LogP contribution >= 0.6 is 0 Å². The Bertz CT molecular complexity index is 952. The molecule has 30 heavy (non-hydrogen) atoms. The molecule has 2 aromatic rings. The van der Waals surface area contributed by atoms with Gasteiger partial charge in [0.05, 0.1) is 16.7 Å². The second-order valence-corrected chi connectivity index (χ2v) is 9.28. The molecular weight excluding hydrogens is 404 g/mol. The van der Waals surface area contributed by atoms with Crippen LogP contribution < -0.4 is 4.72 Å². The number of aromatic nitrogens is 1. The number of benzene rings is 1. The molecule has 3 heterocycles. The number of amides is 1. The first-order chi connectivity index (χ1) is 14.5. The summed E-state index contributed by atoms with van der Waals surface area (Å²) in [6.07, 6.45) is 5.60. The summed E-state index contributed by atoms with van der Waals surface area (Å²) >= 11 is 0. The van der Waals surface area contributed by atoms with Crippen LogP contribution in [0.15, 0.2) is 53.7 Å². The van der Waals surface area contributed by atoms with Crippen molar-refractivity contribution in [3.8, 4) is 0 Å². The molecule has 0 saturated carbocycles. The predicted octanol–water partition coefficient (Wildman–Crippen LogP) is 1.82. The number of rotatable bonds is 6. The second kappa shape index (κ2) is 9.11. The van der Waals surface area contributed by atoms with E-state index in [9.17, 15) is 13.2 Å². The van der Waals surface area contributed by atoms with Gasteiger partial charge >= 0.3 is 0 Å². The van der Waals surface area contributed by atoms with Crippen molar-refractivity contribution >= 4 is 21.6 Å². The van der Waals surface area contributed by atoms with Crippen molar-refractivity contribution in [2.45, 2.75) is 23.8 Å². The van der Waals surface area contributed by atoms with Gasteiger partial charge in [0.1, 0.15) is 0 Å². The van der Waals surface area contributed by atoms with E-state index in [0.29, 0.717) is 30.4 Å². The standard InChI is InChI=1S/C21H26N4O4S/c26-21(25-13-11-24(12-14-25)16-19-2-1-15-29-19)17-3-5-20(6-4-17)30(27,28)23-18-7-9-22-10-8-18/h3-10,19H,1-2,11-16H2,(H,22,23). The molecule has 2 saturated heterocycles. The number of anilines is 1. The molecule has 1 N–H and O–H groups in total. The molecule has 0 bridgehead atoms. The number of pyridine rings is 1. The lowest BCUT2D eigenvalue weighted by Gasteiger charge is -2.35. The number of sulfonamides is 1. The van der Waals surface area contributed by atoms with Crippen LogP contribution in [0.25, 0.3) is 0 Å². The van der Waals surface area contributed by atoms with Crippen molar-refractivity contribution in [3.63, 3.8) is 0 Å². The molecule has 0 spiro atoms. The zero-order chi connectivity index (χ0) is 21.0. The van der Waals surface area contributed by atoms with Gasteiger partial charge in [-0.25, -0.2) is 8.42 Å². The van der Waals surface area contributed by atoms with Crippen LogP contribution in [-0.2, 0) is 14.8 Å². The number of hydrogen-bond donors (Lipinski definition) is 1. The monoisotopic (exact) mass is 430 g/mol. The van der Waals surface area contributed by atoms with Crippen molar-refractivity contribution in [3.05, 3.63) is 54.4 Å². The van der Waals surface area contributed by atoms with Crippen molar-refractivity contribution in [2.24, 2.45) is 0 Å². The summed E-state index contributed by atoms with van der Waals surface area (Å²) in [6, 6.07) is 9.22. The second-order valence-electron chi connectivity index (χ2n) is 7.59. The molecule has 160 valence electrons. The molecule has 4 rings (SSSR count). The summed E-state index contributed by atoms with van der Waals surface area (Å²) in [5.74, 6) is -0.0715. The van der Waals surface area contributed by atoms with E-state index < -0.39 is 10.0 Å². The summed E-state index contributed by atoms with van der Waals surface area (Å²) in [7, 11) is -3.72. The van der Waals surface area contributed by atoms with E-state index in [4.69, 9.17) is 4.74 Å². The number of ether oxygens (including phenoxy) is 1. The molecular formula is C21H26N4O4S. The summed E-state index contributed by atoms with van der Waals surface area (Å²) < 4.78 is 33.2. The van der Waals surface area contributed by atoms with Gasteiger partial charge in [-0.2, -0.15) is 0 Å². The number of hydrogen-bond acceptors (Lipinski definition) is 6. The maximum atomic E-state index is 12.8. The zero-order valence-electron chi connectivity index (χ0n) is 16.7. The molecule has 1 atom stereocenters. The minimum atomic E-state index is -3.72. The van der Waals surface area contributed by atoms with Gasteiger partial charge in [0, 0.05) is 57.3 Å². The minimum absolute atomic E-state index is 0.0715. The topological polar surface area (TPSA) is 91.8 Å². The van der Waals surface area contributed by atoms with E-state index in [1.165, 1.54) is 24.5 Å². The van der Waals surface area contributed by atoms with Crippen molar-refractivity contribution in [1.82, 2.24) is 14.8 Å². The van der Waals surface area contributed by atoms with E-state index in [1.807, 2.05) is 4.90 Å². The van der Waals surface area contributed by atoms with Gasteiger partial charge in [-0.05, 0) is 49.2 Å². The maximum Gasteiger partial charge on any atom is 0.261 e. The van der Waals surface area contributed by atoms with Gasteiger partial charge in [0.15, 0.2) is 0 Å². The highest BCUT2D eigenvalue weighted by molar-refractivity contribution is 7.92. The van der Waals surface area contributed by atoms with Crippen LogP contribution in [0.3, 0.4) is 0 Å². The SMILES string of the molecule is O=C(c1ccc(S(=O)(=O)Nc2ccncc2)cc1)N1CCN(CC2CCCO2)CC1. The van der Waals surface area contributed by atoms with Crippen LogP contribution in [0.5, 0.6) is 0 Å². The lowest BCUT2D eigenvalue weighted by molar-refractivity contribution is 0.0432. The average molecular weight is 431 g/mol. The molecule has 8 nitrogen and oxygen atoms in total. The summed E-state index contributed by atoms with van der Waals surface area (Å²) in [6.45, 7) is 4.76. The van der Waals surface area contributed by atoms with Crippen LogP contribution in [0.2, 0.25) is 0 Å². The Kier molecular flexibility index (Phi) is 6.31. The van der Waals surface area contributed by atoms with E-state index in [1.54, 1.807) is 24.3 Å². The Morgan fingerprint density at radius 1 is 1.07 bits per heavy atom. The molecule has 0 radical (unpaired) electrons. The number of nitrogens with zero attached hydrogens (tertiary/aromatic N) is 3. The average Bonchev–Trinajstić information content (AvgIpc) is 3.27. The third-order valence-corrected chi connectivity index (χ3v) is 6.89. The largest absolute Gasteiger partial charge is 0.377 e. The first kappa shape index (κ1) is 20.8. The first-order valence-electron chi connectivity index (χ1n) is 10.2. The first-order valence-corrected chi connectivity index (χ1v) is 11.7. The van der Waals surface area contributed by atoms with Gasteiger partial charge < -0.3 is 9.64 Å². The van der Waals surface area contributed by atoms with E-state index in [2.05, 4.69) is 14.6 Å². The van der Waals surface area contributed by atoms with Crippen molar-refractivity contribution < 1.29 is 17.9 Å². The Labute approximate surface area is 176 Å². The van der Waals surface area contributed by atoms with Gasteiger partial charge in [-0.15, -0.1) is 0 Å². The van der Waals surface area contributed by atoms with Crippen LogP contribution in [0, 0.1) is 0 Å². The molecule has 2 aliphatic heterocycles. The van der Waals surface area contributed by atoms with E-state index >= 15 is 0 Å². The molecule has 1 amide bonds. The van der Waals surface area contributed by atoms with Crippen LogP contribution in [0.1, 0.15) is 23.2 Å². The lowest BCUT2D eigenvalue weighted by atomic mass is 10.1. The summed E-state index contributed by atoms with van der Waals surface area (Å²) in [5.41, 5.74) is 0.927. The number of carbonyl (C=O) groups excluding carboxylic acids is 1. The molecule has 1 aromatic carbocycles. The third-order valence-electron chi connectivity index (χ3n) is 5.49. The number of nitrogens with one attached hydrogen (secondary N) is 1. The smallest absolute Gasteiger partial charge is 0.261 e. The highest BCUT2D eigenvalue weighted by Gasteiger charge is 2.25. The van der Waals surface area contributed by atoms with Crippen LogP contribution in [-0.4, -0.2) is 74.5 Å². The van der Waals surface area contributed by atoms with Gasteiger partial charge in [0.25, 0.3) is 15.9 Å². The van der Waals surface area contributed by atoms with Gasteiger partial charge in [-0.3, -0.25) is 19.4 Å². The van der Waals surface area contributed by atoms with E-state index in [-0.39, 0.29) is 10.8 Å². The Morgan fingerprint density at radius 3 is 2.40 bits per heavy atom. The Morgan fingerprint density at radius 2 is 1.77 bits per heavy atom. The fourth-order valence-corrected chi connectivity index (χ4v) is 4.86. The fourth-order valence-electron chi connectivity index (χ4n) is 3.80. The molecule has 2 fully saturated rings. The van der Waals surface area contributed by atoms with Crippen molar-refractivity contribution in [1.29, 1.82) is 0 Å². The summed E-state index contributed by atoms with van der Waals surface area (Å²) in [4.78, 5) is 21.0. The molecule has 9 heteroatoms. The zero-order valence-corrected chi connectivity index (χ0v) is 17.6. The van der Waals surface area contributed by atoms with Gasteiger partial charge in [-0.1, -0.05) is 0 Å². The highest BCUT2D eigenvalue weighted by Crippen LogP contribution is 2.18. The minimum Gasteiger partial charge on any atom is -0.377 e. The normalized spacial score (nSPS) is 20.3. The molecule has 0 aliphatic carbocycles. The molecule has 2 aliphatic rings. The Balaban J connectivity index is 1.34. The Hall–Kier alpha value is -2.49. The molecule has 1 aromatic heterocycles. The number of piperazine rings is 1. The fraction of sp³-hybridized carbons (Fsp3) is 0.429. The van der Waals surface area contributed by atoms with Crippen molar-refractivity contribution in [2.75, 3.05) is 44.1 Å². The predicted molar refractivity (Wildman–Crippen MR) is 113 cm³/mol. The van der Waals surface area contributed by atoms with E-state index in [0.717, 1.165) is 39.1 Å². The highest BCUT2D eigenvalue weighted by atomic mass is 32.2. The summed E-state index contributed by atoms with van der Waals surface area (Å²) in [5, 5.41) is 0. The maximum absolute atomic E-state index is 12.8. The van der Waals surface area contributed by atoms with Gasteiger partial charge in [0.2, 0.25) is 0 Å². The third kappa shape index (κ3) is 4.97. The molecule has 1 unspecified atom stereocenters. The quantitative estimate of drug-likeness (QED) is 0.752. The van der Waals surface area contributed by atoms with Crippen LogP contribution in [0.4, 0.5) is 5.69 Å². The lowest BCUT2D eigenvalue weighted by Crippen LogP contribution is -2.50.